The number of nitrogen functional groups attached to an aromatic ring is 1. The molecule has 1 aliphatic heterocycles. The van der Waals surface area contributed by atoms with E-state index in [1.54, 1.807) is 18.5 Å². The lowest BCUT2D eigenvalue weighted by Gasteiger charge is -2.10. The maximum atomic E-state index is 5.36. The fourth-order valence-electron chi connectivity index (χ4n) is 1.17. The molecule has 1 aliphatic rings. The molecule has 1 aromatic heterocycles. The maximum absolute atomic E-state index is 5.36. The number of anilines is 1. The highest BCUT2D eigenvalue weighted by Gasteiger charge is 1.92. The zero-order valence-electron chi connectivity index (χ0n) is 10.8. The molecule has 102 valence electrons. The number of nitrogens with zero attached hydrogens (tertiary/aromatic N) is 3. The summed E-state index contributed by atoms with van der Waals surface area (Å²) >= 11 is 0. The lowest BCUT2D eigenvalue weighted by molar-refractivity contribution is 0.109. The minimum atomic E-state index is 0.822. The molecular weight excluding hydrogens is 242 g/mol. The lowest BCUT2D eigenvalue weighted by Crippen LogP contribution is -2.30. The SMILES string of the molecule is C1COCCN1.Nc1ccccc1.c1cnnnc1. The van der Waals surface area contributed by atoms with Crippen molar-refractivity contribution < 1.29 is 4.74 Å². The summed E-state index contributed by atoms with van der Waals surface area (Å²) in [5, 5.41) is 13.3. The third-order valence-corrected chi connectivity index (χ3v) is 2.05. The highest BCUT2D eigenvalue weighted by Crippen LogP contribution is 1.95. The van der Waals surface area contributed by atoms with Crippen LogP contribution in [-0.4, -0.2) is 41.7 Å². The van der Waals surface area contributed by atoms with E-state index in [9.17, 15) is 0 Å². The van der Waals surface area contributed by atoms with E-state index in [2.05, 4.69) is 20.7 Å². The van der Waals surface area contributed by atoms with Crippen LogP contribution in [0.2, 0.25) is 0 Å². The summed E-state index contributed by atoms with van der Waals surface area (Å²) in [7, 11) is 0. The molecule has 19 heavy (non-hydrogen) atoms. The van der Waals surface area contributed by atoms with Crippen molar-refractivity contribution in [3.63, 3.8) is 0 Å². The molecular formula is C13H19N5O. The average molecular weight is 261 g/mol. The molecule has 6 nitrogen and oxygen atoms in total. The maximum Gasteiger partial charge on any atom is 0.0591 e. The first-order valence-corrected chi connectivity index (χ1v) is 6.07. The van der Waals surface area contributed by atoms with Crippen LogP contribution in [0.1, 0.15) is 0 Å². The molecule has 0 saturated carbocycles. The highest BCUT2D eigenvalue weighted by atomic mass is 16.5. The Kier molecular flexibility index (Phi) is 8.74. The van der Waals surface area contributed by atoms with Gasteiger partial charge in [0.15, 0.2) is 0 Å². The minimum Gasteiger partial charge on any atom is -0.399 e. The quantitative estimate of drug-likeness (QED) is 0.680. The third kappa shape index (κ3) is 9.63. The van der Waals surface area contributed by atoms with Crippen molar-refractivity contribution in [2.24, 2.45) is 0 Å². The van der Waals surface area contributed by atoms with Gasteiger partial charge in [0.2, 0.25) is 0 Å². The third-order valence-electron chi connectivity index (χ3n) is 2.05. The first-order chi connectivity index (χ1) is 9.39. The van der Waals surface area contributed by atoms with E-state index in [-0.39, 0.29) is 0 Å². The topological polar surface area (TPSA) is 86.0 Å². The van der Waals surface area contributed by atoms with Crippen molar-refractivity contribution in [3.05, 3.63) is 48.8 Å². The summed E-state index contributed by atoms with van der Waals surface area (Å²) in [5.74, 6) is 0. The van der Waals surface area contributed by atoms with Crippen molar-refractivity contribution in [2.45, 2.75) is 0 Å². The fourth-order valence-corrected chi connectivity index (χ4v) is 1.17. The normalized spacial score (nSPS) is 13.3. The van der Waals surface area contributed by atoms with Gasteiger partial charge in [-0.05, 0) is 23.4 Å². The molecule has 0 aliphatic carbocycles. The Balaban J connectivity index is 0.000000143. The van der Waals surface area contributed by atoms with Gasteiger partial charge in [0.25, 0.3) is 0 Å². The molecule has 6 heteroatoms. The van der Waals surface area contributed by atoms with Crippen LogP contribution in [0, 0.1) is 0 Å². The Hall–Kier alpha value is -2.05. The van der Waals surface area contributed by atoms with Crippen LogP contribution in [0.5, 0.6) is 0 Å². The monoisotopic (exact) mass is 261 g/mol. The smallest absolute Gasteiger partial charge is 0.0591 e. The summed E-state index contributed by atoms with van der Waals surface area (Å²) in [6.07, 6.45) is 3.15. The number of hydrogen-bond acceptors (Lipinski definition) is 6. The van der Waals surface area contributed by atoms with E-state index in [0.717, 1.165) is 32.0 Å². The first kappa shape index (κ1) is 15.0. The van der Waals surface area contributed by atoms with Crippen LogP contribution in [-0.2, 0) is 4.74 Å². The summed E-state index contributed by atoms with van der Waals surface area (Å²) in [5.41, 5.74) is 6.18. The Morgan fingerprint density at radius 2 is 1.58 bits per heavy atom. The van der Waals surface area contributed by atoms with E-state index in [0.29, 0.717) is 0 Å². The van der Waals surface area contributed by atoms with Gasteiger partial charge >= 0.3 is 0 Å². The van der Waals surface area contributed by atoms with E-state index < -0.39 is 0 Å². The lowest BCUT2D eigenvalue weighted by atomic mass is 10.3. The van der Waals surface area contributed by atoms with Gasteiger partial charge in [-0.1, -0.05) is 18.2 Å². The molecule has 3 N–H and O–H groups in total. The molecule has 1 saturated heterocycles. The molecule has 0 radical (unpaired) electrons. The number of nitrogens with one attached hydrogen (secondary N) is 1. The van der Waals surface area contributed by atoms with Crippen LogP contribution in [0.15, 0.2) is 48.8 Å². The predicted molar refractivity (Wildman–Crippen MR) is 74.4 cm³/mol. The first-order valence-electron chi connectivity index (χ1n) is 6.07. The number of ether oxygens (including phenoxy) is 1. The number of rotatable bonds is 0. The molecule has 0 spiro atoms. The van der Waals surface area contributed by atoms with Gasteiger partial charge in [-0.3, -0.25) is 0 Å². The Bertz CT molecular complexity index is 356. The number of para-hydroxylation sites is 1. The molecule has 0 unspecified atom stereocenters. The van der Waals surface area contributed by atoms with E-state index in [1.165, 1.54) is 0 Å². The Morgan fingerprint density at radius 3 is 1.79 bits per heavy atom. The number of morpholine rings is 1. The molecule has 1 aromatic carbocycles. The fraction of sp³-hybridized carbons (Fsp3) is 0.308. The van der Waals surface area contributed by atoms with Crippen molar-refractivity contribution in [2.75, 3.05) is 32.0 Å². The Labute approximate surface area is 113 Å². The molecule has 2 heterocycles. The predicted octanol–water partition coefficient (Wildman–Crippen LogP) is 0.747. The minimum absolute atomic E-state index is 0.822. The van der Waals surface area contributed by atoms with Gasteiger partial charge in [0.1, 0.15) is 0 Å². The van der Waals surface area contributed by atoms with Crippen molar-refractivity contribution in [1.82, 2.24) is 20.7 Å². The number of hydrogen-bond donors (Lipinski definition) is 2. The van der Waals surface area contributed by atoms with Gasteiger partial charge in [-0.2, -0.15) is 0 Å². The average Bonchev–Trinajstić information content (AvgIpc) is 2.53. The second-order valence-electron chi connectivity index (χ2n) is 3.58. The van der Waals surface area contributed by atoms with Gasteiger partial charge in [0, 0.05) is 18.8 Å². The van der Waals surface area contributed by atoms with Crippen molar-refractivity contribution >= 4 is 5.69 Å². The van der Waals surface area contributed by atoms with E-state index >= 15 is 0 Å². The summed E-state index contributed by atoms with van der Waals surface area (Å²) in [6.45, 7) is 3.83. The molecule has 0 bridgehead atoms. The number of aromatic nitrogens is 3. The molecule has 3 rings (SSSR count). The number of benzene rings is 1. The number of nitrogens with two attached hydrogens (primary N) is 1. The standard InChI is InChI=1S/C6H7N.C4H9NO.C3H3N3/c7-6-4-2-1-3-5-6;1-3-6-4-2-5-1;1-2-4-6-5-3-1/h1-5H,7H2;5H,1-4H2;1-3H. The van der Waals surface area contributed by atoms with Crippen LogP contribution in [0.4, 0.5) is 5.69 Å². The zero-order chi connectivity index (χ0) is 13.6. The van der Waals surface area contributed by atoms with Crippen molar-refractivity contribution in [3.8, 4) is 0 Å². The van der Waals surface area contributed by atoms with Crippen LogP contribution < -0.4 is 11.1 Å². The summed E-state index contributed by atoms with van der Waals surface area (Å²) < 4.78 is 5.01. The van der Waals surface area contributed by atoms with Crippen molar-refractivity contribution in [1.29, 1.82) is 0 Å². The highest BCUT2D eigenvalue weighted by molar-refractivity contribution is 5.35. The van der Waals surface area contributed by atoms with Crippen LogP contribution in [0.25, 0.3) is 0 Å². The second kappa shape index (κ2) is 11.1. The molecule has 1 fully saturated rings. The van der Waals surface area contributed by atoms with Crippen LogP contribution in [0.3, 0.4) is 0 Å². The van der Waals surface area contributed by atoms with Gasteiger partial charge in [0.05, 0.1) is 25.6 Å². The van der Waals surface area contributed by atoms with Gasteiger partial charge in [-0.25, -0.2) is 0 Å². The summed E-state index contributed by atoms with van der Waals surface area (Å²) in [4.78, 5) is 0. The van der Waals surface area contributed by atoms with Gasteiger partial charge in [-0.15, -0.1) is 10.2 Å². The summed E-state index contributed by atoms with van der Waals surface area (Å²) in [6, 6.07) is 11.2. The molecule has 0 atom stereocenters. The zero-order valence-corrected chi connectivity index (χ0v) is 10.8. The molecule has 0 amide bonds. The van der Waals surface area contributed by atoms with Gasteiger partial charge < -0.3 is 15.8 Å². The molecule has 2 aromatic rings. The Morgan fingerprint density at radius 1 is 0.947 bits per heavy atom. The largest absolute Gasteiger partial charge is 0.399 e. The van der Waals surface area contributed by atoms with Crippen LogP contribution >= 0.6 is 0 Å². The van der Waals surface area contributed by atoms with E-state index in [4.69, 9.17) is 10.5 Å². The second-order valence-corrected chi connectivity index (χ2v) is 3.58. The van der Waals surface area contributed by atoms with E-state index in [1.807, 2.05) is 30.3 Å².